The van der Waals surface area contributed by atoms with Crippen LogP contribution in [0.2, 0.25) is 0 Å². The van der Waals surface area contributed by atoms with Gasteiger partial charge in [0.15, 0.2) is 0 Å². The first-order valence-electron chi connectivity index (χ1n) is 6.82. The minimum atomic E-state index is -4.70. The fourth-order valence-corrected chi connectivity index (χ4v) is 2.10. The summed E-state index contributed by atoms with van der Waals surface area (Å²) >= 11 is 0. The molecule has 0 aliphatic carbocycles. The Balaban J connectivity index is 2.24. The summed E-state index contributed by atoms with van der Waals surface area (Å²) in [7, 11) is 1.76. The lowest BCUT2D eigenvalue weighted by Crippen LogP contribution is -2.29. The van der Waals surface area contributed by atoms with Gasteiger partial charge in [-0.25, -0.2) is 9.97 Å². The van der Waals surface area contributed by atoms with Crippen LogP contribution in [0.1, 0.15) is 46.2 Å². The molecule has 23 heavy (non-hydrogen) atoms. The van der Waals surface area contributed by atoms with Crippen molar-refractivity contribution in [3.63, 3.8) is 0 Å². The van der Waals surface area contributed by atoms with E-state index in [0.717, 1.165) is 11.3 Å². The van der Waals surface area contributed by atoms with E-state index in [9.17, 15) is 18.0 Å². The number of aromatic nitrogens is 4. The predicted molar refractivity (Wildman–Crippen MR) is 75.6 cm³/mol. The van der Waals surface area contributed by atoms with Gasteiger partial charge in [-0.1, -0.05) is 0 Å². The quantitative estimate of drug-likeness (QED) is 0.939. The molecule has 2 aromatic heterocycles. The SMILES string of the molecule is Cc1cc(C(=O)NC(C)c2cnn(C)c2C)nc(C(F)(F)F)n1. The third-order valence-corrected chi connectivity index (χ3v) is 3.43. The molecule has 0 fully saturated rings. The molecular weight excluding hydrogens is 311 g/mol. The van der Waals surface area contributed by atoms with E-state index in [2.05, 4.69) is 20.4 Å². The minimum Gasteiger partial charge on any atom is -0.344 e. The fourth-order valence-electron chi connectivity index (χ4n) is 2.10. The Morgan fingerprint density at radius 1 is 1.30 bits per heavy atom. The highest BCUT2D eigenvalue weighted by molar-refractivity contribution is 5.92. The van der Waals surface area contributed by atoms with Crippen molar-refractivity contribution in [2.24, 2.45) is 7.05 Å². The molecule has 2 heterocycles. The van der Waals surface area contributed by atoms with Crippen LogP contribution in [0.3, 0.4) is 0 Å². The van der Waals surface area contributed by atoms with Crippen molar-refractivity contribution in [1.29, 1.82) is 0 Å². The first-order valence-corrected chi connectivity index (χ1v) is 6.82. The Morgan fingerprint density at radius 2 is 1.96 bits per heavy atom. The number of hydrogen-bond acceptors (Lipinski definition) is 4. The van der Waals surface area contributed by atoms with Gasteiger partial charge in [0.2, 0.25) is 5.82 Å². The van der Waals surface area contributed by atoms with E-state index in [1.54, 1.807) is 24.9 Å². The van der Waals surface area contributed by atoms with E-state index < -0.39 is 23.9 Å². The molecule has 0 saturated heterocycles. The number of nitrogens with one attached hydrogen (secondary N) is 1. The standard InChI is InChI=1S/C14H16F3N5O/c1-7-5-11(21-13(19-7)14(15,16)17)12(23)20-8(2)10-6-18-22(4)9(10)3/h5-6,8H,1-4H3,(H,20,23). The summed E-state index contributed by atoms with van der Waals surface area (Å²) in [4.78, 5) is 18.8. The van der Waals surface area contributed by atoms with Crippen LogP contribution in [0.15, 0.2) is 12.3 Å². The number of alkyl halides is 3. The lowest BCUT2D eigenvalue weighted by atomic mass is 10.1. The van der Waals surface area contributed by atoms with E-state index in [4.69, 9.17) is 0 Å². The molecule has 2 aromatic rings. The summed E-state index contributed by atoms with van der Waals surface area (Å²) in [5.74, 6) is -2.02. The second-order valence-corrected chi connectivity index (χ2v) is 5.22. The van der Waals surface area contributed by atoms with Crippen LogP contribution in [-0.2, 0) is 13.2 Å². The van der Waals surface area contributed by atoms with Gasteiger partial charge in [0.25, 0.3) is 5.91 Å². The molecule has 1 atom stereocenters. The van der Waals surface area contributed by atoms with Crippen molar-refractivity contribution < 1.29 is 18.0 Å². The number of rotatable bonds is 3. The van der Waals surface area contributed by atoms with Crippen molar-refractivity contribution in [3.8, 4) is 0 Å². The molecule has 124 valence electrons. The number of carbonyl (C=O) groups is 1. The van der Waals surface area contributed by atoms with Crippen LogP contribution in [0, 0.1) is 13.8 Å². The van der Waals surface area contributed by atoms with E-state index >= 15 is 0 Å². The largest absolute Gasteiger partial charge is 0.451 e. The molecule has 1 unspecified atom stereocenters. The average molecular weight is 327 g/mol. The maximum Gasteiger partial charge on any atom is 0.451 e. The second-order valence-electron chi connectivity index (χ2n) is 5.22. The number of hydrogen-bond donors (Lipinski definition) is 1. The van der Waals surface area contributed by atoms with Gasteiger partial charge in [0.1, 0.15) is 5.69 Å². The molecule has 0 spiro atoms. The zero-order valence-electron chi connectivity index (χ0n) is 13.1. The van der Waals surface area contributed by atoms with Gasteiger partial charge in [-0.05, 0) is 26.8 Å². The number of amides is 1. The Bertz CT molecular complexity index is 738. The number of aryl methyl sites for hydroxylation is 2. The molecule has 9 heteroatoms. The minimum absolute atomic E-state index is 0.0719. The molecule has 0 aromatic carbocycles. The highest BCUT2D eigenvalue weighted by Gasteiger charge is 2.35. The molecule has 6 nitrogen and oxygen atoms in total. The normalized spacial score (nSPS) is 13.0. The molecule has 0 radical (unpaired) electrons. The molecule has 1 amide bonds. The van der Waals surface area contributed by atoms with Gasteiger partial charge in [0.05, 0.1) is 12.2 Å². The second kappa shape index (κ2) is 5.98. The summed E-state index contributed by atoms with van der Waals surface area (Å²) < 4.78 is 39.8. The van der Waals surface area contributed by atoms with Crippen molar-refractivity contribution in [1.82, 2.24) is 25.1 Å². The molecule has 0 bridgehead atoms. The van der Waals surface area contributed by atoms with Crippen LogP contribution in [-0.4, -0.2) is 25.7 Å². The summed E-state index contributed by atoms with van der Waals surface area (Å²) in [6, 6.07) is 0.800. The highest BCUT2D eigenvalue weighted by atomic mass is 19.4. The van der Waals surface area contributed by atoms with Crippen molar-refractivity contribution in [3.05, 3.63) is 40.7 Å². The Morgan fingerprint density at radius 3 is 2.48 bits per heavy atom. The summed E-state index contributed by atoms with van der Waals surface area (Å²) in [5, 5.41) is 6.69. The molecule has 0 aliphatic rings. The van der Waals surface area contributed by atoms with E-state index in [1.807, 2.05) is 6.92 Å². The van der Waals surface area contributed by atoms with E-state index in [-0.39, 0.29) is 11.4 Å². The monoisotopic (exact) mass is 327 g/mol. The van der Waals surface area contributed by atoms with Crippen molar-refractivity contribution in [2.45, 2.75) is 33.0 Å². The molecular formula is C14H16F3N5O. The Labute approximate surface area is 130 Å². The van der Waals surface area contributed by atoms with Gasteiger partial charge in [0, 0.05) is 24.0 Å². The number of nitrogens with zero attached hydrogens (tertiary/aromatic N) is 4. The third kappa shape index (κ3) is 3.66. The molecule has 1 N–H and O–H groups in total. The van der Waals surface area contributed by atoms with E-state index in [0.29, 0.717) is 0 Å². The van der Waals surface area contributed by atoms with Gasteiger partial charge in [-0.3, -0.25) is 9.48 Å². The Kier molecular flexibility index (Phi) is 4.39. The van der Waals surface area contributed by atoms with Crippen LogP contribution in [0.25, 0.3) is 0 Å². The molecule has 0 saturated carbocycles. The third-order valence-electron chi connectivity index (χ3n) is 3.43. The maximum absolute atomic E-state index is 12.7. The van der Waals surface area contributed by atoms with Gasteiger partial charge < -0.3 is 5.32 Å². The number of carbonyl (C=O) groups excluding carboxylic acids is 1. The predicted octanol–water partition coefficient (Wildman–Crippen LogP) is 2.34. The lowest BCUT2D eigenvalue weighted by Gasteiger charge is -2.14. The first-order chi connectivity index (χ1) is 10.6. The van der Waals surface area contributed by atoms with Crippen molar-refractivity contribution >= 4 is 5.91 Å². The topological polar surface area (TPSA) is 72.7 Å². The maximum atomic E-state index is 12.7. The van der Waals surface area contributed by atoms with Crippen molar-refractivity contribution in [2.75, 3.05) is 0 Å². The highest BCUT2D eigenvalue weighted by Crippen LogP contribution is 2.26. The van der Waals surface area contributed by atoms with Crippen LogP contribution >= 0.6 is 0 Å². The van der Waals surface area contributed by atoms with Gasteiger partial charge >= 0.3 is 6.18 Å². The van der Waals surface area contributed by atoms with Gasteiger partial charge in [-0.2, -0.15) is 18.3 Å². The zero-order valence-corrected chi connectivity index (χ0v) is 13.1. The van der Waals surface area contributed by atoms with Crippen LogP contribution in [0.5, 0.6) is 0 Å². The number of halogens is 3. The zero-order chi connectivity index (χ0) is 17.4. The Hall–Kier alpha value is -2.45. The summed E-state index contributed by atoms with van der Waals surface area (Å²) in [5.41, 5.74) is 1.39. The smallest absolute Gasteiger partial charge is 0.344 e. The fraction of sp³-hybridized carbons (Fsp3) is 0.429. The van der Waals surface area contributed by atoms with Crippen LogP contribution < -0.4 is 5.32 Å². The van der Waals surface area contributed by atoms with Gasteiger partial charge in [-0.15, -0.1) is 0 Å². The average Bonchev–Trinajstić information content (AvgIpc) is 2.77. The van der Waals surface area contributed by atoms with E-state index in [1.165, 1.54) is 13.0 Å². The molecule has 0 aliphatic heterocycles. The first kappa shape index (κ1) is 16.9. The molecule has 2 rings (SSSR count). The van der Waals surface area contributed by atoms with Crippen LogP contribution in [0.4, 0.5) is 13.2 Å². The summed E-state index contributed by atoms with van der Waals surface area (Å²) in [6.45, 7) is 4.94. The lowest BCUT2D eigenvalue weighted by molar-refractivity contribution is -0.145. The summed E-state index contributed by atoms with van der Waals surface area (Å²) in [6.07, 6.45) is -3.10.